The van der Waals surface area contributed by atoms with Gasteiger partial charge in [0.15, 0.2) is 0 Å². The fourth-order valence-electron chi connectivity index (χ4n) is 4.23. The van der Waals surface area contributed by atoms with Crippen molar-refractivity contribution in [3.05, 3.63) is 35.9 Å². The summed E-state index contributed by atoms with van der Waals surface area (Å²) >= 11 is 1.97. The van der Waals surface area contributed by atoms with Crippen molar-refractivity contribution in [3.8, 4) is 0 Å². The number of nitrogens with one attached hydrogen (secondary N) is 2. The Bertz CT molecular complexity index is 582. The van der Waals surface area contributed by atoms with E-state index < -0.39 is 0 Å². The van der Waals surface area contributed by atoms with E-state index in [4.69, 9.17) is 4.74 Å². The predicted octanol–water partition coefficient (Wildman–Crippen LogP) is 3.42. The molecule has 24 heavy (non-hydrogen) atoms. The Morgan fingerprint density at radius 2 is 2.04 bits per heavy atom. The Balaban J connectivity index is 1.38. The highest BCUT2D eigenvalue weighted by Crippen LogP contribution is 2.41. The number of carbonyl (C=O) groups excluding carboxylic acids is 1. The number of hydrogen-bond acceptors (Lipinski definition) is 3. The molecule has 2 heterocycles. The topological polar surface area (TPSA) is 50.4 Å². The van der Waals surface area contributed by atoms with E-state index in [1.54, 1.807) is 0 Å². The van der Waals surface area contributed by atoms with Gasteiger partial charge in [-0.25, -0.2) is 4.79 Å². The maximum Gasteiger partial charge on any atom is 0.315 e. The van der Waals surface area contributed by atoms with Crippen LogP contribution in [0.2, 0.25) is 0 Å². The van der Waals surface area contributed by atoms with Crippen LogP contribution >= 0.6 is 11.8 Å². The summed E-state index contributed by atoms with van der Waals surface area (Å²) in [6.45, 7) is 0.759. The van der Waals surface area contributed by atoms with Gasteiger partial charge >= 0.3 is 6.03 Å². The van der Waals surface area contributed by atoms with Crippen LogP contribution in [0.25, 0.3) is 0 Å². The first-order valence-corrected chi connectivity index (χ1v) is 10.2. The SMILES string of the molecule is O=C(N[C@H]1CCO[C@]2(CCSC2)C1)NC1(c2ccccc2)CCC1. The van der Waals surface area contributed by atoms with Crippen LogP contribution in [0.15, 0.2) is 30.3 Å². The normalized spacial score (nSPS) is 31.4. The van der Waals surface area contributed by atoms with E-state index in [1.807, 2.05) is 17.8 Å². The molecule has 2 atom stereocenters. The van der Waals surface area contributed by atoms with Crippen molar-refractivity contribution in [2.45, 2.75) is 55.7 Å². The summed E-state index contributed by atoms with van der Waals surface area (Å²) in [4.78, 5) is 12.6. The van der Waals surface area contributed by atoms with Crippen molar-refractivity contribution in [2.24, 2.45) is 0 Å². The number of benzene rings is 1. The van der Waals surface area contributed by atoms with Crippen molar-refractivity contribution < 1.29 is 9.53 Å². The van der Waals surface area contributed by atoms with Gasteiger partial charge in [0, 0.05) is 18.4 Å². The van der Waals surface area contributed by atoms with Gasteiger partial charge in [-0.3, -0.25) is 0 Å². The summed E-state index contributed by atoms with van der Waals surface area (Å²) in [6, 6.07) is 10.6. The Morgan fingerprint density at radius 3 is 2.71 bits per heavy atom. The van der Waals surface area contributed by atoms with Crippen molar-refractivity contribution in [1.29, 1.82) is 0 Å². The Kier molecular flexibility index (Phi) is 4.48. The lowest BCUT2D eigenvalue weighted by molar-refractivity contribution is -0.0685. The van der Waals surface area contributed by atoms with E-state index in [2.05, 4.69) is 34.9 Å². The molecule has 1 aliphatic carbocycles. The van der Waals surface area contributed by atoms with Gasteiger partial charge in [0.25, 0.3) is 0 Å². The van der Waals surface area contributed by atoms with Gasteiger partial charge in [-0.15, -0.1) is 0 Å². The second-order valence-corrected chi connectivity index (χ2v) is 8.53. The second kappa shape index (κ2) is 6.60. The quantitative estimate of drug-likeness (QED) is 0.882. The molecule has 4 nitrogen and oxygen atoms in total. The third kappa shape index (κ3) is 3.16. The Hall–Kier alpha value is -1.20. The van der Waals surface area contributed by atoms with Crippen LogP contribution in [0.3, 0.4) is 0 Å². The first kappa shape index (κ1) is 16.3. The van der Waals surface area contributed by atoms with Gasteiger partial charge < -0.3 is 15.4 Å². The maximum absolute atomic E-state index is 12.6. The molecule has 0 aromatic heterocycles. The van der Waals surface area contributed by atoms with Crippen LogP contribution in [-0.4, -0.2) is 35.8 Å². The Morgan fingerprint density at radius 1 is 1.21 bits per heavy atom. The molecule has 2 saturated heterocycles. The van der Waals surface area contributed by atoms with E-state index in [1.165, 1.54) is 17.7 Å². The molecule has 1 aromatic carbocycles. The summed E-state index contributed by atoms with van der Waals surface area (Å²) in [5, 5.41) is 6.50. The van der Waals surface area contributed by atoms with Crippen LogP contribution in [0, 0.1) is 0 Å². The minimum atomic E-state index is -0.169. The summed E-state index contributed by atoms with van der Waals surface area (Å²) in [7, 11) is 0. The standard InChI is InChI=1S/C19H26N2O2S/c22-17(20-16-7-11-23-18(13-16)10-12-24-14-18)21-19(8-4-9-19)15-5-2-1-3-6-15/h1-3,5-6,16H,4,7-14H2,(H2,20,21,22)/t16-,18+/m0/s1. The molecule has 4 rings (SSSR count). The molecule has 130 valence electrons. The monoisotopic (exact) mass is 346 g/mol. The van der Waals surface area contributed by atoms with Crippen LogP contribution < -0.4 is 10.6 Å². The highest BCUT2D eigenvalue weighted by atomic mass is 32.2. The highest BCUT2D eigenvalue weighted by Gasteiger charge is 2.43. The van der Waals surface area contributed by atoms with Crippen LogP contribution in [0.4, 0.5) is 4.79 Å². The zero-order chi connectivity index (χ0) is 16.5. The maximum atomic E-state index is 12.6. The lowest BCUT2D eigenvalue weighted by Gasteiger charge is -2.44. The molecular weight excluding hydrogens is 320 g/mol. The van der Waals surface area contributed by atoms with E-state index in [-0.39, 0.29) is 23.2 Å². The molecule has 2 amide bonds. The summed E-state index contributed by atoms with van der Waals surface area (Å²) in [5.74, 6) is 2.25. The number of ether oxygens (including phenoxy) is 1. The number of thioether (sulfide) groups is 1. The molecule has 2 aliphatic heterocycles. The molecule has 0 unspecified atom stereocenters. The van der Waals surface area contributed by atoms with Gasteiger partial charge in [0.1, 0.15) is 0 Å². The average molecular weight is 346 g/mol. The van der Waals surface area contributed by atoms with Crippen molar-refractivity contribution >= 4 is 17.8 Å². The van der Waals surface area contributed by atoms with Crippen LogP contribution in [0.5, 0.6) is 0 Å². The molecule has 0 radical (unpaired) electrons. The van der Waals surface area contributed by atoms with E-state index >= 15 is 0 Å². The molecule has 1 spiro atoms. The summed E-state index contributed by atoms with van der Waals surface area (Å²) in [6.07, 6.45) is 6.21. The van der Waals surface area contributed by atoms with Gasteiger partial charge in [0.2, 0.25) is 0 Å². The number of amides is 2. The smallest absolute Gasteiger partial charge is 0.315 e. The van der Waals surface area contributed by atoms with Crippen molar-refractivity contribution in [2.75, 3.05) is 18.1 Å². The fraction of sp³-hybridized carbons (Fsp3) is 0.632. The minimum Gasteiger partial charge on any atom is -0.374 e. The first-order valence-electron chi connectivity index (χ1n) is 9.06. The number of urea groups is 1. The zero-order valence-corrected chi connectivity index (χ0v) is 14.9. The van der Waals surface area contributed by atoms with E-state index in [0.29, 0.717) is 0 Å². The molecule has 3 aliphatic rings. The molecule has 5 heteroatoms. The highest BCUT2D eigenvalue weighted by molar-refractivity contribution is 7.99. The Labute approximate surface area is 148 Å². The number of carbonyl (C=O) groups is 1. The average Bonchev–Trinajstić information content (AvgIpc) is 2.99. The van der Waals surface area contributed by atoms with Crippen molar-refractivity contribution in [1.82, 2.24) is 10.6 Å². The summed E-state index contributed by atoms with van der Waals surface area (Å²) in [5.41, 5.74) is 1.06. The predicted molar refractivity (Wildman–Crippen MR) is 97.3 cm³/mol. The molecule has 1 saturated carbocycles. The number of rotatable bonds is 3. The lowest BCUT2D eigenvalue weighted by Crippen LogP contribution is -2.57. The molecule has 0 bridgehead atoms. The van der Waals surface area contributed by atoms with E-state index in [9.17, 15) is 4.79 Å². The van der Waals surface area contributed by atoms with Crippen LogP contribution in [0.1, 0.15) is 44.1 Å². The fourth-order valence-corrected chi connectivity index (χ4v) is 5.60. The molecular formula is C19H26N2O2S. The van der Waals surface area contributed by atoms with Gasteiger partial charge in [-0.05, 0) is 49.8 Å². The number of hydrogen-bond donors (Lipinski definition) is 2. The third-order valence-corrected chi connectivity index (χ3v) is 7.00. The van der Waals surface area contributed by atoms with Gasteiger partial charge in [-0.2, -0.15) is 11.8 Å². The summed E-state index contributed by atoms with van der Waals surface area (Å²) < 4.78 is 6.05. The minimum absolute atomic E-state index is 0.00838. The third-order valence-electron chi connectivity index (χ3n) is 5.78. The van der Waals surface area contributed by atoms with Gasteiger partial charge in [-0.1, -0.05) is 30.3 Å². The largest absolute Gasteiger partial charge is 0.374 e. The zero-order valence-electron chi connectivity index (χ0n) is 14.1. The molecule has 2 N–H and O–H groups in total. The lowest BCUT2D eigenvalue weighted by atomic mass is 9.72. The van der Waals surface area contributed by atoms with Gasteiger partial charge in [0.05, 0.1) is 11.1 Å². The second-order valence-electron chi connectivity index (χ2n) is 7.42. The van der Waals surface area contributed by atoms with Crippen LogP contribution in [-0.2, 0) is 10.3 Å². The molecule has 3 fully saturated rings. The van der Waals surface area contributed by atoms with E-state index in [0.717, 1.165) is 44.5 Å². The first-order chi connectivity index (χ1) is 11.7. The van der Waals surface area contributed by atoms with Crippen molar-refractivity contribution in [3.63, 3.8) is 0 Å². The molecule has 1 aromatic rings.